The van der Waals surface area contributed by atoms with Crippen molar-refractivity contribution < 1.29 is 14.2 Å². The molecule has 4 rings (SSSR count). The third-order valence-corrected chi connectivity index (χ3v) is 6.86. The molecule has 3 nitrogen and oxygen atoms in total. The van der Waals surface area contributed by atoms with Gasteiger partial charge in [0.05, 0.1) is 6.10 Å². The Balaban J connectivity index is 0.000000695. The maximum atomic E-state index is 12.8. The van der Waals surface area contributed by atoms with Crippen LogP contribution in [0.25, 0.3) is 11.1 Å². The number of nitrogen functional groups attached to an aromatic ring is 1. The molecule has 0 saturated heterocycles. The molecule has 0 aromatic heterocycles. The van der Waals surface area contributed by atoms with Crippen molar-refractivity contribution in [2.24, 2.45) is 0 Å². The van der Waals surface area contributed by atoms with Crippen molar-refractivity contribution in [3.63, 3.8) is 0 Å². The van der Waals surface area contributed by atoms with Crippen LogP contribution in [0.5, 0.6) is 11.5 Å². The van der Waals surface area contributed by atoms with E-state index in [1.165, 1.54) is 24.8 Å². The fourth-order valence-electron chi connectivity index (χ4n) is 4.83. The third-order valence-electron chi connectivity index (χ3n) is 6.86. The highest BCUT2D eigenvalue weighted by Gasteiger charge is 2.22. The number of benzene rings is 3. The Morgan fingerprint density at radius 1 is 0.784 bits per heavy atom. The molecule has 4 heteroatoms. The van der Waals surface area contributed by atoms with Crippen molar-refractivity contribution in [3.05, 3.63) is 89.0 Å². The molecule has 3 aromatic carbocycles. The number of fused-ring (bicyclic) bond motifs is 1. The van der Waals surface area contributed by atoms with E-state index in [0.29, 0.717) is 0 Å². The molecule has 1 atom stereocenters. The lowest BCUT2D eigenvalue weighted by Gasteiger charge is -2.25. The number of aryl methyl sites for hydroxylation is 1. The van der Waals surface area contributed by atoms with Crippen molar-refractivity contribution in [1.29, 1.82) is 0 Å². The Morgan fingerprint density at radius 2 is 1.43 bits per heavy atom. The molecule has 1 aliphatic rings. The van der Waals surface area contributed by atoms with Crippen LogP contribution in [0.3, 0.4) is 0 Å². The second-order valence-electron chi connectivity index (χ2n) is 9.69. The lowest BCUT2D eigenvalue weighted by Crippen LogP contribution is -2.14. The zero-order valence-electron chi connectivity index (χ0n) is 22.9. The maximum Gasteiger partial charge on any atom is 0.172 e. The number of anilines is 1. The van der Waals surface area contributed by atoms with Gasteiger partial charge in [0.1, 0.15) is 5.75 Å². The first kappa shape index (κ1) is 28.3. The molecule has 0 aliphatic heterocycles. The Hall–Kier alpha value is -3.27. The molecule has 0 amide bonds. The monoisotopic (exact) mass is 503 g/mol. The quantitative estimate of drug-likeness (QED) is 0.280. The highest BCUT2D eigenvalue weighted by molar-refractivity contribution is 6.01. The van der Waals surface area contributed by atoms with Gasteiger partial charge >= 0.3 is 0 Å². The van der Waals surface area contributed by atoms with Crippen molar-refractivity contribution in [2.45, 2.75) is 85.2 Å². The first-order valence-electron chi connectivity index (χ1n) is 13.8. The van der Waals surface area contributed by atoms with Gasteiger partial charge in [-0.1, -0.05) is 83.7 Å². The second kappa shape index (κ2) is 14.5. The summed E-state index contributed by atoms with van der Waals surface area (Å²) in [6.45, 7) is 8.76. The molecule has 1 aliphatic carbocycles. The average molecular weight is 504 g/mol. The highest BCUT2D eigenvalue weighted by Crippen LogP contribution is 2.42. The second-order valence-corrected chi connectivity index (χ2v) is 9.69. The Bertz CT molecular complexity index is 1130. The molecule has 0 spiro atoms. The number of hydrogen-bond donors (Lipinski definition) is 1. The standard InChI is InChI=1S/C28H30FNO2.C5H12/c1-3-5-23(4-2)31-24-13-8-20(9-14-24)28-26(19-6-11-22(30)12-7-19)16-10-21-18-25(32-29)15-17-27(21)28;1-3-5-4-2/h6-9,11-15,17-18,23H,3-5,10,16,30H2,1-2H3;3-5H2,1-2H3. The first-order chi connectivity index (χ1) is 18.0. The van der Waals surface area contributed by atoms with Crippen LogP contribution < -0.4 is 15.4 Å². The van der Waals surface area contributed by atoms with Gasteiger partial charge in [-0.15, -0.1) is 0 Å². The lowest BCUT2D eigenvalue weighted by atomic mass is 9.79. The summed E-state index contributed by atoms with van der Waals surface area (Å²) in [5.74, 6) is 1.13. The summed E-state index contributed by atoms with van der Waals surface area (Å²) in [6, 6.07) is 21.8. The van der Waals surface area contributed by atoms with Crippen molar-refractivity contribution in [1.82, 2.24) is 0 Å². The van der Waals surface area contributed by atoms with E-state index in [-0.39, 0.29) is 11.9 Å². The predicted molar refractivity (Wildman–Crippen MR) is 155 cm³/mol. The van der Waals surface area contributed by atoms with Crippen LogP contribution in [0, 0.1) is 0 Å². The van der Waals surface area contributed by atoms with E-state index in [0.717, 1.165) is 71.4 Å². The van der Waals surface area contributed by atoms with Gasteiger partial charge in [0.15, 0.2) is 5.75 Å². The molecular weight excluding hydrogens is 461 g/mol. The summed E-state index contributed by atoms with van der Waals surface area (Å²) < 4.78 is 19.0. The summed E-state index contributed by atoms with van der Waals surface area (Å²) in [5.41, 5.74) is 13.5. The SMILES string of the molecule is CCCC(CC)Oc1ccc(C2=C(c3ccc(N)cc3)CCc3cc(OF)ccc32)cc1.CCCCC. The van der Waals surface area contributed by atoms with E-state index >= 15 is 0 Å². The van der Waals surface area contributed by atoms with Crippen LogP contribution >= 0.6 is 0 Å². The summed E-state index contributed by atoms with van der Waals surface area (Å²) >= 11 is 0. The third kappa shape index (κ3) is 7.61. The van der Waals surface area contributed by atoms with Gasteiger partial charge in [0, 0.05) is 10.2 Å². The van der Waals surface area contributed by atoms with Crippen molar-refractivity contribution in [3.8, 4) is 11.5 Å². The van der Waals surface area contributed by atoms with E-state index in [4.69, 9.17) is 10.5 Å². The molecule has 3 aromatic rings. The normalized spacial score (nSPS) is 13.3. The summed E-state index contributed by atoms with van der Waals surface area (Å²) in [5, 5.41) is 0. The van der Waals surface area contributed by atoms with Gasteiger partial charge in [0.25, 0.3) is 0 Å². The maximum absolute atomic E-state index is 12.8. The fraction of sp³-hybridized carbons (Fsp3) is 0.394. The largest absolute Gasteiger partial charge is 0.490 e. The zero-order valence-corrected chi connectivity index (χ0v) is 22.9. The molecule has 1 unspecified atom stereocenters. The van der Waals surface area contributed by atoms with E-state index < -0.39 is 0 Å². The van der Waals surface area contributed by atoms with Crippen molar-refractivity contribution in [2.75, 3.05) is 5.73 Å². The minimum absolute atomic E-state index is 0.240. The number of allylic oxidation sites excluding steroid dienone is 1. The van der Waals surface area contributed by atoms with Gasteiger partial charge < -0.3 is 10.5 Å². The number of halogens is 1. The Kier molecular flexibility index (Phi) is 11.1. The highest BCUT2D eigenvalue weighted by atomic mass is 19.3. The average Bonchev–Trinajstić information content (AvgIpc) is 2.93. The van der Waals surface area contributed by atoms with E-state index in [9.17, 15) is 4.53 Å². The molecule has 0 saturated carbocycles. The molecule has 198 valence electrons. The smallest absolute Gasteiger partial charge is 0.172 e. The van der Waals surface area contributed by atoms with Gasteiger partial charge in [0.2, 0.25) is 0 Å². The minimum Gasteiger partial charge on any atom is -0.490 e. The van der Waals surface area contributed by atoms with Crippen molar-refractivity contribution >= 4 is 16.8 Å². The van der Waals surface area contributed by atoms with Gasteiger partial charge in [-0.05, 0) is 95.5 Å². The minimum atomic E-state index is 0.240. The molecule has 0 heterocycles. The summed E-state index contributed by atoms with van der Waals surface area (Å²) in [6.07, 6.45) is 9.15. The molecule has 2 N–H and O–H groups in total. The van der Waals surface area contributed by atoms with Crippen LogP contribution in [0.2, 0.25) is 0 Å². The zero-order chi connectivity index (χ0) is 26.6. The number of unbranched alkanes of at least 4 members (excludes halogenated alkanes) is 2. The Morgan fingerprint density at radius 3 is 2.00 bits per heavy atom. The van der Waals surface area contributed by atoms with E-state index in [1.807, 2.05) is 18.2 Å². The molecule has 37 heavy (non-hydrogen) atoms. The molecular formula is C33H42FNO2. The van der Waals surface area contributed by atoms with Gasteiger partial charge in [-0.3, -0.25) is 4.94 Å². The van der Waals surface area contributed by atoms with Crippen LogP contribution in [-0.2, 0) is 6.42 Å². The van der Waals surface area contributed by atoms with Gasteiger partial charge in [-0.2, -0.15) is 0 Å². The first-order valence-corrected chi connectivity index (χ1v) is 13.8. The summed E-state index contributed by atoms with van der Waals surface area (Å²) in [4.78, 5) is 3.98. The van der Waals surface area contributed by atoms with Crippen LogP contribution in [0.15, 0.2) is 66.7 Å². The van der Waals surface area contributed by atoms with E-state index in [2.05, 4.69) is 69.0 Å². The van der Waals surface area contributed by atoms with Gasteiger partial charge in [-0.25, -0.2) is 0 Å². The lowest BCUT2D eigenvalue weighted by molar-refractivity contribution is -0.00629. The van der Waals surface area contributed by atoms with E-state index in [1.54, 1.807) is 12.1 Å². The van der Waals surface area contributed by atoms with Crippen LogP contribution in [-0.4, -0.2) is 6.10 Å². The molecule has 0 bridgehead atoms. The Labute approximate surface area is 222 Å². The predicted octanol–water partition coefficient (Wildman–Crippen LogP) is 9.59. The number of rotatable bonds is 10. The molecule has 0 fully saturated rings. The number of hydrogen-bond acceptors (Lipinski definition) is 3. The molecule has 0 radical (unpaired) electrons. The topological polar surface area (TPSA) is 44.5 Å². The summed E-state index contributed by atoms with van der Waals surface area (Å²) in [7, 11) is 0. The number of ether oxygens (including phenoxy) is 1. The van der Waals surface area contributed by atoms with Crippen LogP contribution in [0.1, 0.15) is 94.9 Å². The fourth-order valence-corrected chi connectivity index (χ4v) is 4.83. The van der Waals surface area contributed by atoms with Crippen LogP contribution in [0.4, 0.5) is 10.2 Å². The number of nitrogens with two attached hydrogens (primary N) is 1.